The Morgan fingerprint density at radius 1 is 1.20 bits per heavy atom. The molecular weight excluding hydrogens is 400 g/mol. The molecule has 0 unspecified atom stereocenters. The zero-order valence-electron chi connectivity index (χ0n) is 17.6. The maximum absolute atomic E-state index is 12.8. The summed E-state index contributed by atoms with van der Waals surface area (Å²) in [6.07, 6.45) is 5.37. The van der Waals surface area contributed by atoms with Crippen LogP contribution in [-0.4, -0.2) is 35.0 Å². The summed E-state index contributed by atoms with van der Waals surface area (Å²) >= 11 is 6.05. The number of carbonyl (C=O) groups is 1. The predicted octanol–water partition coefficient (Wildman–Crippen LogP) is 5.18. The van der Waals surface area contributed by atoms with E-state index in [2.05, 4.69) is 34.0 Å². The highest BCUT2D eigenvalue weighted by atomic mass is 35.5. The highest BCUT2D eigenvalue weighted by molar-refractivity contribution is 6.31. The third-order valence-corrected chi connectivity index (χ3v) is 6.16. The van der Waals surface area contributed by atoms with E-state index in [0.29, 0.717) is 16.6 Å². The summed E-state index contributed by atoms with van der Waals surface area (Å²) in [5.41, 5.74) is 2.21. The number of rotatable bonds is 5. The maximum Gasteiger partial charge on any atom is 0.251 e. The number of benzene rings is 1. The molecule has 2 aromatic heterocycles. The molecule has 1 aliphatic carbocycles. The van der Waals surface area contributed by atoms with Gasteiger partial charge in [0.25, 0.3) is 5.91 Å². The van der Waals surface area contributed by atoms with Crippen molar-refractivity contribution in [2.45, 2.75) is 57.5 Å². The molecule has 0 atom stereocenters. The van der Waals surface area contributed by atoms with Crippen LogP contribution in [0, 0.1) is 0 Å². The highest BCUT2D eigenvalue weighted by Crippen LogP contribution is 2.34. The maximum atomic E-state index is 12.8. The molecule has 6 nitrogen and oxygen atoms in total. The van der Waals surface area contributed by atoms with Crippen LogP contribution in [0.2, 0.25) is 5.02 Å². The molecule has 1 aromatic carbocycles. The van der Waals surface area contributed by atoms with Crippen LogP contribution in [0.15, 0.2) is 40.9 Å². The molecule has 1 aliphatic rings. The van der Waals surface area contributed by atoms with E-state index in [9.17, 15) is 4.79 Å². The van der Waals surface area contributed by atoms with Crippen LogP contribution in [0.5, 0.6) is 0 Å². The summed E-state index contributed by atoms with van der Waals surface area (Å²) in [4.78, 5) is 23.8. The third kappa shape index (κ3) is 4.43. The van der Waals surface area contributed by atoms with Gasteiger partial charge in [0.15, 0.2) is 11.5 Å². The molecule has 2 heterocycles. The van der Waals surface area contributed by atoms with Gasteiger partial charge in [-0.25, -0.2) is 9.97 Å². The number of fused-ring (bicyclic) bond motifs is 1. The van der Waals surface area contributed by atoms with E-state index in [-0.39, 0.29) is 17.9 Å². The Kier molecular flexibility index (Phi) is 5.95. The van der Waals surface area contributed by atoms with Gasteiger partial charge in [0, 0.05) is 41.8 Å². The van der Waals surface area contributed by atoms with Crippen LogP contribution >= 0.6 is 11.6 Å². The Morgan fingerprint density at radius 3 is 2.70 bits per heavy atom. The lowest BCUT2D eigenvalue weighted by atomic mass is 9.86. The molecule has 0 radical (unpaired) electrons. The average molecular weight is 427 g/mol. The minimum atomic E-state index is -0.0456. The normalized spacial score (nSPS) is 19.2. The zero-order valence-corrected chi connectivity index (χ0v) is 18.3. The van der Waals surface area contributed by atoms with Crippen molar-refractivity contribution in [2.24, 2.45) is 0 Å². The molecule has 1 saturated carbocycles. The summed E-state index contributed by atoms with van der Waals surface area (Å²) in [7, 11) is 1.98. The molecular formula is C23H27ClN4O2. The van der Waals surface area contributed by atoms with Gasteiger partial charge in [-0.2, -0.15) is 0 Å². The Balaban J connectivity index is 1.36. The topological polar surface area (TPSA) is 71.3 Å². The van der Waals surface area contributed by atoms with Crippen LogP contribution in [0.4, 0.5) is 5.82 Å². The molecule has 4 rings (SSSR count). The molecule has 1 fully saturated rings. The number of anilines is 1. The molecule has 1 amide bonds. The number of hydrogen-bond acceptors (Lipinski definition) is 5. The largest absolute Gasteiger partial charge is 0.440 e. The van der Waals surface area contributed by atoms with Gasteiger partial charge in [-0.05, 0) is 69.9 Å². The fourth-order valence-electron chi connectivity index (χ4n) is 3.86. The third-order valence-electron chi connectivity index (χ3n) is 5.92. The van der Waals surface area contributed by atoms with E-state index in [1.165, 1.54) is 0 Å². The average Bonchev–Trinajstić information content (AvgIpc) is 3.17. The van der Waals surface area contributed by atoms with Gasteiger partial charge in [0.1, 0.15) is 11.3 Å². The monoisotopic (exact) mass is 426 g/mol. The Labute approximate surface area is 181 Å². The van der Waals surface area contributed by atoms with Gasteiger partial charge >= 0.3 is 0 Å². The van der Waals surface area contributed by atoms with Gasteiger partial charge in [-0.3, -0.25) is 4.79 Å². The van der Waals surface area contributed by atoms with Crippen molar-refractivity contribution in [3.63, 3.8) is 0 Å². The van der Waals surface area contributed by atoms with E-state index in [0.717, 1.165) is 48.5 Å². The summed E-state index contributed by atoms with van der Waals surface area (Å²) < 4.78 is 5.93. The predicted molar refractivity (Wildman–Crippen MR) is 119 cm³/mol. The molecule has 30 heavy (non-hydrogen) atoms. The minimum Gasteiger partial charge on any atom is -0.440 e. The smallest absolute Gasteiger partial charge is 0.251 e. The lowest BCUT2D eigenvalue weighted by Crippen LogP contribution is -2.37. The number of hydrogen-bond donors (Lipinski definition) is 1. The summed E-state index contributed by atoms with van der Waals surface area (Å²) in [5.74, 6) is 1.80. The first kappa shape index (κ1) is 20.7. The lowest BCUT2D eigenvalue weighted by molar-refractivity contribution is 0.0925. The second kappa shape index (κ2) is 8.64. The van der Waals surface area contributed by atoms with Crippen LogP contribution in [0.25, 0.3) is 11.1 Å². The van der Waals surface area contributed by atoms with Crippen molar-refractivity contribution in [2.75, 3.05) is 11.9 Å². The minimum absolute atomic E-state index is 0.0456. The second-order valence-corrected chi connectivity index (χ2v) is 8.73. The first-order valence-corrected chi connectivity index (χ1v) is 10.8. The molecule has 7 heteroatoms. The van der Waals surface area contributed by atoms with Crippen molar-refractivity contribution in [1.29, 1.82) is 0 Å². The summed E-state index contributed by atoms with van der Waals surface area (Å²) in [6.45, 7) is 4.19. The van der Waals surface area contributed by atoms with E-state index >= 15 is 0 Å². The molecule has 3 aromatic rings. The second-order valence-electron chi connectivity index (χ2n) is 8.29. The number of amides is 1. The van der Waals surface area contributed by atoms with Crippen molar-refractivity contribution in [1.82, 2.24) is 15.3 Å². The number of oxazole rings is 1. The molecule has 1 N–H and O–H groups in total. The van der Waals surface area contributed by atoms with Crippen molar-refractivity contribution in [3.05, 3.63) is 53.0 Å². The number of nitrogens with one attached hydrogen (secondary N) is 1. The van der Waals surface area contributed by atoms with Gasteiger partial charge in [0.05, 0.1) is 0 Å². The molecule has 158 valence electrons. The molecule has 0 spiro atoms. The summed E-state index contributed by atoms with van der Waals surface area (Å²) in [6, 6.07) is 9.59. The summed E-state index contributed by atoms with van der Waals surface area (Å²) in [5, 5.41) is 3.84. The van der Waals surface area contributed by atoms with E-state index in [1.807, 2.05) is 31.3 Å². The number of halogens is 1. The molecule has 0 saturated heterocycles. The number of aromatic nitrogens is 2. The van der Waals surface area contributed by atoms with Crippen LogP contribution in [0.3, 0.4) is 0 Å². The number of nitrogens with zero attached hydrogens (tertiary/aromatic N) is 3. The lowest BCUT2D eigenvalue weighted by Gasteiger charge is -2.27. The van der Waals surface area contributed by atoms with Gasteiger partial charge in [-0.1, -0.05) is 11.6 Å². The number of carbonyl (C=O) groups excluding carboxylic acids is 1. The molecule has 0 aliphatic heterocycles. The van der Waals surface area contributed by atoms with Gasteiger partial charge in [-0.15, -0.1) is 0 Å². The van der Waals surface area contributed by atoms with Crippen molar-refractivity contribution >= 4 is 34.4 Å². The number of pyridine rings is 1. The van der Waals surface area contributed by atoms with Gasteiger partial charge in [0.2, 0.25) is 0 Å². The van der Waals surface area contributed by atoms with E-state index < -0.39 is 0 Å². The Hall–Kier alpha value is -2.60. The first-order valence-electron chi connectivity index (χ1n) is 10.5. The van der Waals surface area contributed by atoms with Crippen molar-refractivity contribution < 1.29 is 9.21 Å². The fraction of sp³-hybridized carbons (Fsp3) is 0.435. The SMILES string of the molecule is CC(C)N(C)c1cc(C(=O)NC2CCC(c3nc4cc(Cl)ccc4o3)CC2)ccn1. The highest BCUT2D eigenvalue weighted by Gasteiger charge is 2.27. The van der Waals surface area contributed by atoms with E-state index in [1.54, 1.807) is 12.3 Å². The Morgan fingerprint density at radius 2 is 1.97 bits per heavy atom. The zero-order chi connectivity index (χ0) is 21.3. The van der Waals surface area contributed by atoms with Gasteiger partial charge < -0.3 is 14.6 Å². The first-order chi connectivity index (χ1) is 14.4. The molecule has 0 bridgehead atoms. The van der Waals surface area contributed by atoms with Crippen molar-refractivity contribution in [3.8, 4) is 0 Å². The Bertz CT molecular complexity index is 1040. The fourth-order valence-corrected chi connectivity index (χ4v) is 4.03. The van der Waals surface area contributed by atoms with Crippen LogP contribution in [0.1, 0.15) is 61.7 Å². The van der Waals surface area contributed by atoms with Crippen LogP contribution in [-0.2, 0) is 0 Å². The standard InChI is InChI=1S/C23H27ClN4O2/c1-14(2)28(3)21-12-16(10-11-25-21)22(29)26-18-7-4-15(5-8-18)23-27-19-13-17(24)6-9-20(19)30-23/h6,9-15,18H,4-5,7-8H2,1-3H3,(H,26,29). The van der Waals surface area contributed by atoms with Crippen LogP contribution < -0.4 is 10.2 Å². The van der Waals surface area contributed by atoms with E-state index in [4.69, 9.17) is 16.0 Å². The quantitative estimate of drug-likeness (QED) is 0.608.